The largest absolute Gasteiger partial charge is 0.497 e. The fourth-order valence-corrected chi connectivity index (χ4v) is 3.47. The molecule has 1 aliphatic rings. The average Bonchev–Trinajstić information content (AvgIpc) is 3.03. The molecule has 1 heterocycles. The highest BCUT2D eigenvalue weighted by molar-refractivity contribution is 6.01. The van der Waals surface area contributed by atoms with Crippen LogP contribution in [0.4, 0.5) is 0 Å². The van der Waals surface area contributed by atoms with Gasteiger partial charge in [0.05, 0.1) is 7.11 Å². The Bertz CT molecular complexity index is 817. The van der Waals surface area contributed by atoms with E-state index < -0.39 is 6.04 Å². The van der Waals surface area contributed by atoms with Crippen LogP contribution in [-0.2, 0) is 17.9 Å². The number of fused-ring (bicyclic) bond motifs is 1. The zero-order chi connectivity index (χ0) is 19.4. The summed E-state index contributed by atoms with van der Waals surface area (Å²) in [5.41, 5.74) is 2.68. The van der Waals surface area contributed by atoms with E-state index in [1.54, 1.807) is 12.0 Å². The number of amides is 2. The summed E-state index contributed by atoms with van der Waals surface area (Å²) in [7, 11) is 1.62. The number of nitrogens with zero attached hydrogens (tertiary/aromatic N) is 1. The fraction of sp³-hybridized carbons (Fsp3) is 0.364. The Hall–Kier alpha value is -2.82. The molecular formula is C22H26N2O3. The Balaban J connectivity index is 1.73. The van der Waals surface area contributed by atoms with Gasteiger partial charge >= 0.3 is 0 Å². The molecule has 0 aromatic heterocycles. The van der Waals surface area contributed by atoms with Crippen LogP contribution in [0.2, 0.25) is 0 Å². The topological polar surface area (TPSA) is 58.6 Å². The van der Waals surface area contributed by atoms with E-state index in [0.717, 1.165) is 23.3 Å². The van der Waals surface area contributed by atoms with E-state index in [-0.39, 0.29) is 17.7 Å². The molecule has 2 aromatic carbocycles. The molecule has 0 aliphatic carbocycles. The first kappa shape index (κ1) is 19.0. The van der Waals surface area contributed by atoms with Crippen LogP contribution in [0.1, 0.15) is 41.8 Å². The summed E-state index contributed by atoms with van der Waals surface area (Å²) in [6, 6.07) is 14.7. The van der Waals surface area contributed by atoms with Crippen molar-refractivity contribution in [3.63, 3.8) is 0 Å². The summed E-state index contributed by atoms with van der Waals surface area (Å²) < 4.78 is 5.16. The second-order valence-electron chi connectivity index (χ2n) is 6.99. The lowest BCUT2D eigenvalue weighted by Gasteiger charge is -2.31. The highest BCUT2D eigenvalue weighted by Crippen LogP contribution is 2.28. The zero-order valence-electron chi connectivity index (χ0n) is 16.1. The van der Waals surface area contributed by atoms with E-state index >= 15 is 0 Å². The van der Waals surface area contributed by atoms with Crippen LogP contribution >= 0.6 is 0 Å². The molecule has 1 N–H and O–H groups in total. The Kier molecular flexibility index (Phi) is 5.79. The lowest BCUT2D eigenvalue weighted by atomic mass is 9.96. The van der Waals surface area contributed by atoms with Gasteiger partial charge in [0.25, 0.3) is 5.91 Å². The third-order valence-corrected chi connectivity index (χ3v) is 5.26. The summed E-state index contributed by atoms with van der Waals surface area (Å²) in [5, 5.41) is 3.00. The summed E-state index contributed by atoms with van der Waals surface area (Å²) in [6.45, 7) is 4.97. The van der Waals surface area contributed by atoms with Gasteiger partial charge < -0.3 is 15.0 Å². The second kappa shape index (κ2) is 8.25. The molecule has 2 aromatic rings. The summed E-state index contributed by atoms with van der Waals surface area (Å²) in [6.07, 6.45) is 0.820. The van der Waals surface area contributed by atoms with E-state index in [0.29, 0.717) is 18.7 Å². The van der Waals surface area contributed by atoms with Crippen molar-refractivity contribution in [2.24, 2.45) is 5.92 Å². The van der Waals surface area contributed by atoms with Gasteiger partial charge in [0.2, 0.25) is 5.91 Å². The zero-order valence-corrected chi connectivity index (χ0v) is 16.1. The molecule has 0 bridgehead atoms. The van der Waals surface area contributed by atoms with E-state index in [2.05, 4.69) is 5.32 Å². The molecule has 0 radical (unpaired) electrons. The second-order valence-corrected chi connectivity index (χ2v) is 6.99. The maximum absolute atomic E-state index is 13.0. The van der Waals surface area contributed by atoms with Crippen molar-refractivity contribution in [1.29, 1.82) is 0 Å². The van der Waals surface area contributed by atoms with Crippen LogP contribution in [0, 0.1) is 5.92 Å². The number of rotatable bonds is 7. The molecule has 1 aliphatic heterocycles. The number of carbonyl (C=O) groups is 2. The number of carbonyl (C=O) groups excluding carboxylic acids is 2. The molecule has 0 saturated heterocycles. The lowest BCUT2D eigenvalue weighted by Crippen LogP contribution is -2.50. The van der Waals surface area contributed by atoms with E-state index in [9.17, 15) is 9.59 Å². The maximum atomic E-state index is 13.0. The monoisotopic (exact) mass is 366 g/mol. The van der Waals surface area contributed by atoms with Gasteiger partial charge in [-0.05, 0) is 35.2 Å². The van der Waals surface area contributed by atoms with Gasteiger partial charge in [0.15, 0.2) is 0 Å². The molecule has 27 heavy (non-hydrogen) atoms. The highest BCUT2D eigenvalue weighted by Gasteiger charge is 2.38. The minimum atomic E-state index is -0.479. The van der Waals surface area contributed by atoms with Crippen molar-refractivity contribution in [3.8, 4) is 5.75 Å². The predicted molar refractivity (Wildman–Crippen MR) is 104 cm³/mol. The Labute approximate surface area is 160 Å². The van der Waals surface area contributed by atoms with Crippen LogP contribution in [0.25, 0.3) is 0 Å². The normalized spacial score (nSPS) is 15.2. The molecule has 5 heteroatoms. The van der Waals surface area contributed by atoms with Gasteiger partial charge in [0, 0.05) is 18.7 Å². The third kappa shape index (κ3) is 3.97. The molecule has 0 fully saturated rings. The van der Waals surface area contributed by atoms with Crippen molar-refractivity contribution < 1.29 is 14.3 Å². The molecule has 0 spiro atoms. The number of ether oxygens (including phenoxy) is 1. The van der Waals surface area contributed by atoms with E-state index in [1.165, 1.54) is 0 Å². The lowest BCUT2D eigenvalue weighted by molar-refractivity contribution is -0.127. The minimum Gasteiger partial charge on any atom is -0.497 e. The van der Waals surface area contributed by atoms with E-state index in [1.807, 2.05) is 62.4 Å². The number of benzene rings is 2. The quantitative estimate of drug-likeness (QED) is 0.817. The van der Waals surface area contributed by atoms with Crippen LogP contribution in [0.3, 0.4) is 0 Å². The summed E-state index contributed by atoms with van der Waals surface area (Å²) in [4.78, 5) is 27.5. The first-order chi connectivity index (χ1) is 13.0. The number of methoxy groups -OCH3 is 1. The van der Waals surface area contributed by atoms with Gasteiger partial charge in [-0.25, -0.2) is 0 Å². The first-order valence-electron chi connectivity index (χ1n) is 9.34. The van der Waals surface area contributed by atoms with Gasteiger partial charge in [0.1, 0.15) is 11.8 Å². The van der Waals surface area contributed by atoms with Crippen molar-refractivity contribution in [1.82, 2.24) is 10.2 Å². The number of nitrogens with one attached hydrogen (secondary N) is 1. The smallest absolute Gasteiger partial charge is 0.255 e. The first-order valence-corrected chi connectivity index (χ1v) is 9.34. The molecule has 5 nitrogen and oxygen atoms in total. The van der Waals surface area contributed by atoms with E-state index in [4.69, 9.17) is 4.74 Å². The van der Waals surface area contributed by atoms with Gasteiger partial charge in [-0.1, -0.05) is 50.6 Å². The number of hydrogen-bond acceptors (Lipinski definition) is 3. The van der Waals surface area contributed by atoms with Crippen LogP contribution in [-0.4, -0.2) is 29.9 Å². The molecule has 2 amide bonds. The number of hydrogen-bond donors (Lipinski definition) is 1. The third-order valence-electron chi connectivity index (χ3n) is 5.26. The van der Waals surface area contributed by atoms with Crippen molar-refractivity contribution in [3.05, 3.63) is 65.2 Å². The summed E-state index contributed by atoms with van der Waals surface area (Å²) in [5.74, 6) is 0.680. The Morgan fingerprint density at radius 2 is 1.89 bits per heavy atom. The molecular weight excluding hydrogens is 340 g/mol. The molecule has 2 atom stereocenters. The summed E-state index contributed by atoms with van der Waals surface area (Å²) >= 11 is 0. The Morgan fingerprint density at radius 1 is 1.19 bits per heavy atom. The standard InChI is InChI=1S/C22H26N2O3/c1-4-15(2)20(24-14-17-7-5-6-8-19(17)22(24)26)21(25)23-13-16-9-11-18(27-3)12-10-16/h5-12,15,20H,4,13-14H2,1-3H3,(H,23,25)/t15-,20+/m1/s1. The maximum Gasteiger partial charge on any atom is 0.255 e. The van der Waals surface area contributed by atoms with Gasteiger partial charge in [-0.3, -0.25) is 9.59 Å². The van der Waals surface area contributed by atoms with Gasteiger partial charge in [-0.15, -0.1) is 0 Å². The van der Waals surface area contributed by atoms with Crippen molar-refractivity contribution >= 4 is 11.8 Å². The van der Waals surface area contributed by atoms with Crippen LogP contribution in [0.5, 0.6) is 5.75 Å². The Morgan fingerprint density at radius 3 is 2.52 bits per heavy atom. The molecule has 0 saturated carbocycles. The fourth-order valence-electron chi connectivity index (χ4n) is 3.47. The van der Waals surface area contributed by atoms with Crippen LogP contribution in [0.15, 0.2) is 48.5 Å². The van der Waals surface area contributed by atoms with Crippen molar-refractivity contribution in [2.45, 2.75) is 39.4 Å². The molecule has 3 rings (SSSR count). The van der Waals surface area contributed by atoms with Crippen LogP contribution < -0.4 is 10.1 Å². The molecule has 0 unspecified atom stereocenters. The predicted octanol–water partition coefficient (Wildman–Crippen LogP) is 3.38. The van der Waals surface area contributed by atoms with Gasteiger partial charge in [-0.2, -0.15) is 0 Å². The van der Waals surface area contributed by atoms with Crippen molar-refractivity contribution in [2.75, 3.05) is 7.11 Å². The molecule has 142 valence electrons. The highest BCUT2D eigenvalue weighted by atomic mass is 16.5. The SMILES string of the molecule is CC[C@@H](C)[C@@H](C(=O)NCc1ccc(OC)cc1)N1Cc2ccccc2C1=O. The average molecular weight is 366 g/mol. The minimum absolute atomic E-state index is 0.0597.